The highest BCUT2D eigenvalue weighted by Crippen LogP contribution is 2.35. The number of hydrogen-bond acceptors (Lipinski definition) is 4. The fourth-order valence-corrected chi connectivity index (χ4v) is 3.74. The molecule has 1 atom stereocenters. The number of likely N-dealkylation sites (tertiary alicyclic amines) is 1. The highest BCUT2D eigenvalue weighted by molar-refractivity contribution is 9.10. The number of halogens is 1. The van der Waals surface area contributed by atoms with Gasteiger partial charge >= 0.3 is 0 Å². The zero-order valence-electron chi connectivity index (χ0n) is 13.0. The summed E-state index contributed by atoms with van der Waals surface area (Å²) in [6, 6.07) is 0.208. The summed E-state index contributed by atoms with van der Waals surface area (Å²) in [7, 11) is 1.96. The lowest BCUT2D eigenvalue weighted by molar-refractivity contribution is 0.0585. The first-order chi connectivity index (χ1) is 9.48. The Kier molecular flexibility index (Phi) is 5.20. The number of rotatable bonds is 5. The van der Waals surface area contributed by atoms with E-state index in [1.807, 2.05) is 11.7 Å². The van der Waals surface area contributed by atoms with E-state index < -0.39 is 0 Å². The van der Waals surface area contributed by atoms with Gasteiger partial charge < -0.3 is 5.32 Å². The van der Waals surface area contributed by atoms with Crippen molar-refractivity contribution in [2.75, 3.05) is 19.6 Å². The van der Waals surface area contributed by atoms with Gasteiger partial charge in [0.2, 0.25) is 0 Å². The van der Waals surface area contributed by atoms with E-state index in [1.165, 1.54) is 32.4 Å². The highest BCUT2D eigenvalue weighted by atomic mass is 79.9. The van der Waals surface area contributed by atoms with Gasteiger partial charge in [-0.2, -0.15) is 0 Å². The maximum atomic E-state index is 4.15. The van der Waals surface area contributed by atoms with Gasteiger partial charge in [-0.25, -0.2) is 4.68 Å². The average Bonchev–Trinajstić information content (AvgIpc) is 2.76. The van der Waals surface area contributed by atoms with Crippen molar-refractivity contribution in [1.82, 2.24) is 25.2 Å². The lowest BCUT2D eigenvalue weighted by Gasteiger charge is -2.46. The van der Waals surface area contributed by atoms with Crippen molar-refractivity contribution in [1.29, 1.82) is 0 Å². The summed E-state index contributed by atoms with van der Waals surface area (Å²) in [5.74, 6) is 0. The van der Waals surface area contributed by atoms with Gasteiger partial charge in [0.15, 0.2) is 4.60 Å². The van der Waals surface area contributed by atoms with Crippen molar-refractivity contribution >= 4 is 15.9 Å². The second-order valence-electron chi connectivity index (χ2n) is 6.08. The van der Waals surface area contributed by atoms with Gasteiger partial charge in [-0.05, 0) is 62.3 Å². The fourth-order valence-electron chi connectivity index (χ4n) is 3.18. The van der Waals surface area contributed by atoms with Crippen LogP contribution in [0.4, 0.5) is 0 Å². The van der Waals surface area contributed by atoms with E-state index in [2.05, 4.69) is 57.2 Å². The maximum absolute atomic E-state index is 4.15. The van der Waals surface area contributed by atoms with Crippen LogP contribution in [-0.4, -0.2) is 45.1 Å². The summed E-state index contributed by atoms with van der Waals surface area (Å²) in [6.07, 6.45) is 3.95. The van der Waals surface area contributed by atoms with Gasteiger partial charge in [0.25, 0.3) is 0 Å². The molecule has 2 rings (SSSR count). The summed E-state index contributed by atoms with van der Waals surface area (Å²) in [4.78, 5) is 2.60. The average molecular weight is 344 g/mol. The number of nitrogens with zero attached hydrogens (tertiary/aromatic N) is 4. The first-order valence-electron chi connectivity index (χ1n) is 7.52. The molecule has 0 bridgehead atoms. The molecular weight excluding hydrogens is 318 g/mol. The minimum absolute atomic E-state index is 0.0361. The molecule has 114 valence electrons. The van der Waals surface area contributed by atoms with E-state index >= 15 is 0 Å². The van der Waals surface area contributed by atoms with Crippen LogP contribution in [0.15, 0.2) is 4.60 Å². The largest absolute Gasteiger partial charge is 0.307 e. The monoisotopic (exact) mass is 343 g/mol. The standard InChI is InChI=1S/C14H26BrN5/c1-5-16-12(11-13(15)17-18-19(11)4)14(2,3)20-9-7-6-8-10-20/h12,16H,5-10H2,1-4H3. The predicted octanol–water partition coefficient (Wildman–Crippen LogP) is 2.49. The van der Waals surface area contributed by atoms with Crippen LogP contribution in [0, 0.1) is 0 Å². The topological polar surface area (TPSA) is 46.0 Å². The molecule has 1 aliphatic heterocycles. The van der Waals surface area contributed by atoms with Crippen molar-refractivity contribution in [2.24, 2.45) is 7.05 Å². The van der Waals surface area contributed by atoms with Crippen LogP contribution in [0.25, 0.3) is 0 Å². The Hall–Kier alpha value is -0.460. The van der Waals surface area contributed by atoms with E-state index in [-0.39, 0.29) is 11.6 Å². The highest BCUT2D eigenvalue weighted by Gasteiger charge is 2.39. The Balaban J connectivity index is 2.31. The SMILES string of the molecule is CCNC(c1c(Br)nnn1C)C(C)(C)N1CCCCC1. The molecule has 5 nitrogen and oxygen atoms in total. The van der Waals surface area contributed by atoms with Crippen molar-refractivity contribution in [3.63, 3.8) is 0 Å². The minimum Gasteiger partial charge on any atom is -0.307 e. The molecule has 0 aliphatic carbocycles. The Morgan fingerprint density at radius 2 is 1.95 bits per heavy atom. The zero-order valence-corrected chi connectivity index (χ0v) is 14.6. The molecule has 1 saturated heterocycles. The van der Waals surface area contributed by atoms with Crippen molar-refractivity contribution in [3.8, 4) is 0 Å². The van der Waals surface area contributed by atoms with E-state index in [0.29, 0.717) is 0 Å². The lowest BCUT2D eigenvalue weighted by Crippen LogP contribution is -2.54. The van der Waals surface area contributed by atoms with Crippen LogP contribution in [0.1, 0.15) is 51.8 Å². The second-order valence-corrected chi connectivity index (χ2v) is 6.83. The second kappa shape index (κ2) is 6.54. The molecule has 1 fully saturated rings. The number of aromatic nitrogens is 3. The molecular formula is C14H26BrN5. The summed E-state index contributed by atoms with van der Waals surface area (Å²) < 4.78 is 2.72. The maximum Gasteiger partial charge on any atom is 0.153 e. The van der Waals surface area contributed by atoms with Crippen LogP contribution in [0.3, 0.4) is 0 Å². The van der Waals surface area contributed by atoms with E-state index in [4.69, 9.17) is 0 Å². The Morgan fingerprint density at radius 1 is 1.30 bits per heavy atom. The number of hydrogen-bond donors (Lipinski definition) is 1. The summed E-state index contributed by atoms with van der Waals surface area (Å²) in [6.45, 7) is 10.1. The zero-order chi connectivity index (χ0) is 14.8. The number of piperidine rings is 1. The first kappa shape index (κ1) is 15.9. The van der Waals surface area contributed by atoms with Crippen molar-refractivity contribution < 1.29 is 0 Å². The molecule has 1 aromatic heterocycles. The van der Waals surface area contributed by atoms with E-state index in [9.17, 15) is 0 Å². The number of nitrogens with one attached hydrogen (secondary N) is 1. The number of likely N-dealkylation sites (N-methyl/N-ethyl adjacent to an activating group) is 1. The molecule has 0 saturated carbocycles. The smallest absolute Gasteiger partial charge is 0.153 e. The van der Waals surface area contributed by atoms with Crippen LogP contribution in [0.2, 0.25) is 0 Å². The van der Waals surface area contributed by atoms with Crippen LogP contribution in [-0.2, 0) is 7.05 Å². The molecule has 2 heterocycles. The lowest BCUT2D eigenvalue weighted by atomic mass is 9.88. The number of aryl methyl sites for hydroxylation is 1. The summed E-state index contributed by atoms with van der Waals surface area (Å²) in [5, 5.41) is 11.9. The van der Waals surface area contributed by atoms with Gasteiger partial charge in [-0.1, -0.05) is 18.6 Å². The molecule has 20 heavy (non-hydrogen) atoms. The van der Waals surface area contributed by atoms with Crippen molar-refractivity contribution in [2.45, 2.75) is 51.6 Å². The Labute approximate surface area is 130 Å². The third-order valence-electron chi connectivity index (χ3n) is 4.39. The van der Waals surface area contributed by atoms with Crippen LogP contribution in [0.5, 0.6) is 0 Å². The van der Waals surface area contributed by atoms with Gasteiger partial charge in [0.1, 0.15) is 0 Å². The molecule has 0 spiro atoms. The fraction of sp³-hybridized carbons (Fsp3) is 0.857. The third-order valence-corrected chi connectivity index (χ3v) is 4.95. The third kappa shape index (κ3) is 3.07. The van der Waals surface area contributed by atoms with Crippen LogP contribution < -0.4 is 5.32 Å². The van der Waals surface area contributed by atoms with Gasteiger partial charge in [0.05, 0.1) is 11.7 Å². The molecule has 1 unspecified atom stereocenters. The van der Waals surface area contributed by atoms with Gasteiger partial charge in [-0.3, -0.25) is 4.90 Å². The molecule has 0 aromatic carbocycles. The molecule has 0 amide bonds. The molecule has 6 heteroatoms. The van der Waals surface area contributed by atoms with E-state index in [0.717, 1.165) is 16.8 Å². The summed E-state index contributed by atoms with van der Waals surface area (Å²) >= 11 is 3.55. The Bertz CT molecular complexity index is 417. The Morgan fingerprint density at radius 3 is 2.45 bits per heavy atom. The molecule has 1 N–H and O–H groups in total. The van der Waals surface area contributed by atoms with Crippen molar-refractivity contribution in [3.05, 3.63) is 10.3 Å². The van der Waals surface area contributed by atoms with Gasteiger partial charge in [-0.15, -0.1) is 5.10 Å². The summed E-state index contributed by atoms with van der Waals surface area (Å²) in [5.41, 5.74) is 1.16. The molecule has 1 aromatic rings. The van der Waals surface area contributed by atoms with Gasteiger partial charge in [0, 0.05) is 12.6 Å². The molecule has 1 aliphatic rings. The quantitative estimate of drug-likeness (QED) is 0.892. The van der Waals surface area contributed by atoms with Crippen LogP contribution >= 0.6 is 15.9 Å². The predicted molar refractivity (Wildman–Crippen MR) is 84.6 cm³/mol. The van der Waals surface area contributed by atoms with E-state index in [1.54, 1.807) is 0 Å². The normalized spacial score (nSPS) is 19.2. The minimum atomic E-state index is 0.0361. The molecule has 0 radical (unpaired) electrons. The first-order valence-corrected chi connectivity index (χ1v) is 8.31.